The highest BCUT2D eigenvalue weighted by Crippen LogP contribution is 2.33. The highest BCUT2D eigenvalue weighted by atomic mass is 35.5. The smallest absolute Gasteiger partial charge is 0.165 e. The number of methoxy groups -OCH3 is 1. The molecular weight excluding hydrogens is 296 g/mol. The normalized spacial score (nSPS) is 12.3. The Balaban J connectivity index is 2.43. The summed E-state index contributed by atoms with van der Waals surface area (Å²) in [6.45, 7) is 0. The minimum Gasteiger partial charge on any atom is -0.494 e. The third-order valence-corrected chi connectivity index (χ3v) is 3.27. The molecule has 0 aliphatic heterocycles. The quantitative estimate of drug-likeness (QED) is 0.458. The van der Waals surface area contributed by atoms with Crippen molar-refractivity contribution in [3.8, 4) is 5.75 Å². The van der Waals surface area contributed by atoms with Crippen LogP contribution in [-0.4, -0.2) is 7.11 Å². The van der Waals surface area contributed by atoms with Crippen molar-refractivity contribution < 1.29 is 22.3 Å². The fraction of sp³-hybridized carbons (Fsp3) is 0.143. The molecule has 1 nitrogen and oxygen atoms in total. The third kappa shape index (κ3) is 2.72. The molecule has 0 saturated carbocycles. The summed E-state index contributed by atoms with van der Waals surface area (Å²) in [5.41, 5.74) is -0.0648. The number of hydrogen-bond acceptors (Lipinski definition) is 1. The molecule has 0 aromatic heterocycles. The van der Waals surface area contributed by atoms with Gasteiger partial charge in [0.05, 0.1) is 12.5 Å². The van der Waals surface area contributed by atoms with Crippen LogP contribution in [-0.2, 0) is 0 Å². The van der Waals surface area contributed by atoms with Crippen molar-refractivity contribution in [3.63, 3.8) is 0 Å². The molecule has 0 spiro atoms. The molecule has 1 unspecified atom stereocenters. The molecule has 1 atom stereocenters. The molecule has 2 aromatic carbocycles. The van der Waals surface area contributed by atoms with E-state index in [2.05, 4.69) is 0 Å². The van der Waals surface area contributed by atoms with Crippen molar-refractivity contribution in [1.82, 2.24) is 0 Å². The summed E-state index contributed by atoms with van der Waals surface area (Å²) in [7, 11) is 1.30. The van der Waals surface area contributed by atoms with E-state index >= 15 is 0 Å². The van der Waals surface area contributed by atoms with Gasteiger partial charge in [-0.05, 0) is 23.8 Å². The Hall–Kier alpha value is -1.75. The van der Waals surface area contributed by atoms with Crippen LogP contribution < -0.4 is 4.74 Å². The van der Waals surface area contributed by atoms with Gasteiger partial charge >= 0.3 is 0 Å². The van der Waals surface area contributed by atoms with E-state index in [1.54, 1.807) is 0 Å². The van der Waals surface area contributed by atoms with Crippen LogP contribution in [0.25, 0.3) is 0 Å². The minimum atomic E-state index is -1.31. The highest BCUT2D eigenvalue weighted by molar-refractivity contribution is 6.22. The molecule has 0 aliphatic rings. The van der Waals surface area contributed by atoms with Gasteiger partial charge in [-0.3, -0.25) is 0 Å². The molecule has 2 aromatic rings. The zero-order valence-electron chi connectivity index (χ0n) is 10.3. The summed E-state index contributed by atoms with van der Waals surface area (Å²) in [6.07, 6.45) is 0. The van der Waals surface area contributed by atoms with Crippen molar-refractivity contribution in [2.75, 3.05) is 7.11 Å². The van der Waals surface area contributed by atoms with Gasteiger partial charge in [0.2, 0.25) is 0 Å². The maximum absolute atomic E-state index is 13.6. The maximum atomic E-state index is 13.6. The largest absolute Gasteiger partial charge is 0.494 e. The first-order valence-corrected chi connectivity index (χ1v) is 5.99. The summed E-state index contributed by atoms with van der Waals surface area (Å²) in [6, 6.07) is 4.85. The van der Waals surface area contributed by atoms with Crippen molar-refractivity contribution >= 4 is 11.6 Å². The van der Waals surface area contributed by atoms with E-state index in [1.807, 2.05) is 0 Å². The van der Waals surface area contributed by atoms with E-state index in [0.717, 1.165) is 6.07 Å². The fourth-order valence-corrected chi connectivity index (χ4v) is 2.05. The average Bonchev–Trinajstić information content (AvgIpc) is 2.42. The van der Waals surface area contributed by atoms with Crippen molar-refractivity contribution in [2.45, 2.75) is 5.38 Å². The molecule has 2 rings (SSSR count). The first-order valence-electron chi connectivity index (χ1n) is 5.56. The maximum Gasteiger partial charge on any atom is 0.165 e. The van der Waals surface area contributed by atoms with Gasteiger partial charge in [-0.15, -0.1) is 11.6 Å². The molecule has 106 valence electrons. The summed E-state index contributed by atoms with van der Waals surface area (Å²) < 4.78 is 57.9. The molecule has 0 heterocycles. The second-order valence-electron chi connectivity index (χ2n) is 4.04. The predicted octanol–water partition coefficient (Wildman–Crippen LogP) is 4.58. The molecule has 0 radical (unpaired) electrons. The van der Waals surface area contributed by atoms with Gasteiger partial charge in [0.15, 0.2) is 23.2 Å². The third-order valence-electron chi connectivity index (χ3n) is 2.78. The standard InChI is InChI=1S/C14H9ClF4O/c1-20-13-3-2-7(4-12(13)19)14(15)8-5-10(17)11(18)6-9(8)16/h2-6,14H,1H3. The molecule has 0 bridgehead atoms. The first kappa shape index (κ1) is 14.7. The summed E-state index contributed by atoms with van der Waals surface area (Å²) >= 11 is 5.99. The summed E-state index contributed by atoms with van der Waals surface area (Å²) in [5, 5.41) is -1.15. The van der Waals surface area contributed by atoms with Crippen molar-refractivity contribution in [2.24, 2.45) is 0 Å². The number of alkyl halides is 1. The second-order valence-corrected chi connectivity index (χ2v) is 4.48. The van der Waals surface area contributed by atoms with Crippen molar-refractivity contribution in [1.29, 1.82) is 0 Å². The molecule has 0 fully saturated rings. The van der Waals surface area contributed by atoms with Gasteiger partial charge < -0.3 is 4.74 Å². The predicted molar refractivity (Wildman–Crippen MR) is 67.0 cm³/mol. The Labute approximate surface area is 117 Å². The molecular formula is C14H9ClF4O. The number of benzene rings is 2. The topological polar surface area (TPSA) is 9.23 Å². The van der Waals surface area contributed by atoms with Gasteiger partial charge in [0.25, 0.3) is 0 Å². The number of ether oxygens (including phenoxy) is 1. The molecule has 0 saturated heterocycles. The lowest BCUT2D eigenvalue weighted by atomic mass is 10.0. The van der Waals surface area contributed by atoms with Crippen LogP contribution in [0.5, 0.6) is 5.75 Å². The van der Waals surface area contributed by atoms with Gasteiger partial charge in [-0.1, -0.05) is 6.07 Å². The van der Waals surface area contributed by atoms with Gasteiger partial charge in [0.1, 0.15) is 5.82 Å². The zero-order valence-corrected chi connectivity index (χ0v) is 11.0. The van der Waals surface area contributed by atoms with Crippen LogP contribution >= 0.6 is 11.6 Å². The SMILES string of the molecule is COc1ccc(C(Cl)c2cc(F)c(F)cc2F)cc1F. The van der Waals surface area contributed by atoms with E-state index in [1.165, 1.54) is 19.2 Å². The first-order chi connectivity index (χ1) is 9.43. The Morgan fingerprint density at radius 3 is 2.15 bits per heavy atom. The lowest BCUT2D eigenvalue weighted by molar-refractivity contribution is 0.386. The van der Waals surface area contributed by atoms with E-state index in [0.29, 0.717) is 12.1 Å². The second kappa shape index (κ2) is 5.71. The van der Waals surface area contributed by atoms with Crippen LogP contribution in [0.3, 0.4) is 0 Å². The lowest BCUT2D eigenvalue weighted by Crippen LogP contribution is -2.01. The van der Waals surface area contributed by atoms with Crippen LogP contribution in [0, 0.1) is 23.3 Å². The number of hydrogen-bond donors (Lipinski definition) is 0. The van der Waals surface area contributed by atoms with Gasteiger partial charge in [-0.25, -0.2) is 17.6 Å². The van der Waals surface area contributed by atoms with Gasteiger partial charge in [0, 0.05) is 11.6 Å². The van der Waals surface area contributed by atoms with Crippen LogP contribution in [0.1, 0.15) is 16.5 Å². The molecule has 20 heavy (non-hydrogen) atoms. The lowest BCUT2D eigenvalue weighted by Gasteiger charge is -2.13. The van der Waals surface area contributed by atoms with Crippen LogP contribution in [0.2, 0.25) is 0 Å². The Kier molecular flexibility index (Phi) is 4.18. The van der Waals surface area contributed by atoms with Gasteiger partial charge in [-0.2, -0.15) is 0 Å². The van der Waals surface area contributed by atoms with Crippen molar-refractivity contribution in [3.05, 3.63) is 64.7 Å². The van der Waals surface area contributed by atoms with E-state index in [-0.39, 0.29) is 16.9 Å². The van der Waals surface area contributed by atoms with Crippen LogP contribution in [0.15, 0.2) is 30.3 Å². The molecule has 0 amide bonds. The minimum absolute atomic E-state index is 0.00313. The Morgan fingerprint density at radius 2 is 1.55 bits per heavy atom. The van der Waals surface area contributed by atoms with E-state index in [4.69, 9.17) is 16.3 Å². The summed E-state index contributed by atoms with van der Waals surface area (Å²) in [5.74, 6) is -4.21. The monoisotopic (exact) mass is 304 g/mol. The molecule has 0 aliphatic carbocycles. The van der Waals surface area contributed by atoms with E-state index in [9.17, 15) is 17.6 Å². The molecule has 6 heteroatoms. The number of halogens is 5. The Bertz CT molecular complexity index is 645. The highest BCUT2D eigenvalue weighted by Gasteiger charge is 2.19. The van der Waals surface area contributed by atoms with E-state index < -0.39 is 28.6 Å². The average molecular weight is 305 g/mol. The molecule has 0 N–H and O–H groups in total. The Morgan fingerprint density at radius 1 is 0.900 bits per heavy atom. The zero-order chi connectivity index (χ0) is 14.9. The number of rotatable bonds is 3. The summed E-state index contributed by atoms with van der Waals surface area (Å²) in [4.78, 5) is 0. The van der Waals surface area contributed by atoms with Crippen LogP contribution in [0.4, 0.5) is 17.6 Å². The fourth-order valence-electron chi connectivity index (χ4n) is 1.75.